The number of allylic oxidation sites excluding steroid dienone is 1. The molecule has 5 N–H and O–H groups in total. The lowest BCUT2D eigenvalue weighted by Gasteiger charge is -2.18. The molecule has 116 valence electrons. The zero-order chi connectivity index (χ0) is 15.6. The number of rotatable bonds is 4. The largest absolute Gasteiger partial charge is 0.394 e. The Hall–Kier alpha value is -1.74. The minimum atomic E-state index is -1.34. The first-order valence-corrected chi connectivity index (χ1v) is 6.67. The second kappa shape index (κ2) is 6.35. The van der Waals surface area contributed by atoms with Gasteiger partial charge in [-0.25, -0.2) is 4.79 Å². The molecule has 1 aromatic heterocycles. The average Bonchev–Trinajstić information content (AvgIpc) is 2.74. The molecule has 21 heavy (non-hydrogen) atoms. The third-order valence-corrected chi connectivity index (χ3v) is 3.34. The number of aliphatic hydroxyl groups excluding tert-OH is 3. The molecular weight excluding hydrogens is 278 g/mol. The highest BCUT2D eigenvalue weighted by atomic mass is 16.6. The van der Waals surface area contributed by atoms with Crippen LogP contribution < -0.4 is 11.4 Å². The van der Waals surface area contributed by atoms with Crippen LogP contribution in [0.15, 0.2) is 17.1 Å². The van der Waals surface area contributed by atoms with Crippen molar-refractivity contribution in [2.24, 2.45) is 0 Å². The SMILES string of the molecule is CC/C=C/c1cn([C@@H]2O[C@H](CO)[C@@H](O)[C@H]2O)c(=O)nc1N. The highest BCUT2D eigenvalue weighted by molar-refractivity contribution is 5.59. The average molecular weight is 297 g/mol. The second-order valence-electron chi connectivity index (χ2n) is 4.81. The van der Waals surface area contributed by atoms with Crippen molar-refractivity contribution in [3.05, 3.63) is 28.3 Å². The number of hydrogen-bond acceptors (Lipinski definition) is 7. The van der Waals surface area contributed by atoms with Crippen molar-refractivity contribution in [1.29, 1.82) is 0 Å². The van der Waals surface area contributed by atoms with E-state index < -0.39 is 36.8 Å². The van der Waals surface area contributed by atoms with E-state index in [2.05, 4.69) is 4.98 Å². The number of anilines is 1. The van der Waals surface area contributed by atoms with E-state index in [0.717, 1.165) is 11.0 Å². The minimum Gasteiger partial charge on any atom is -0.394 e. The predicted molar refractivity (Wildman–Crippen MR) is 75.2 cm³/mol. The summed E-state index contributed by atoms with van der Waals surface area (Å²) in [6, 6.07) is 0. The summed E-state index contributed by atoms with van der Waals surface area (Å²) >= 11 is 0. The van der Waals surface area contributed by atoms with Crippen LogP contribution >= 0.6 is 0 Å². The van der Waals surface area contributed by atoms with E-state index in [4.69, 9.17) is 15.6 Å². The fourth-order valence-electron chi connectivity index (χ4n) is 2.16. The number of nitrogens with two attached hydrogens (primary N) is 1. The number of nitrogens with zero attached hydrogens (tertiary/aromatic N) is 2. The number of ether oxygens (including phenoxy) is 1. The van der Waals surface area contributed by atoms with Gasteiger partial charge in [0, 0.05) is 11.8 Å². The summed E-state index contributed by atoms with van der Waals surface area (Å²) in [5.74, 6) is 0.0766. The maximum atomic E-state index is 11.9. The molecule has 0 saturated carbocycles. The first-order chi connectivity index (χ1) is 9.99. The van der Waals surface area contributed by atoms with Crippen LogP contribution in [0, 0.1) is 0 Å². The summed E-state index contributed by atoms with van der Waals surface area (Å²) in [4.78, 5) is 15.6. The Kier molecular flexibility index (Phi) is 4.73. The Bertz CT molecular complexity index is 586. The molecular formula is C13H19N3O5. The van der Waals surface area contributed by atoms with Gasteiger partial charge < -0.3 is 25.8 Å². The number of hydrogen-bond donors (Lipinski definition) is 4. The summed E-state index contributed by atoms with van der Waals surface area (Å²) in [6.45, 7) is 1.48. The van der Waals surface area contributed by atoms with Crippen LogP contribution in [0.3, 0.4) is 0 Å². The molecule has 8 heteroatoms. The maximum absolute atomic E-state index is 11.9. The van der Waals surface area contributed by atoms with E-state index in [1.807, 2.05) is 13.0 Å². The van der Waals surface area contributed by atoms with Gasteiger partial charge in [-0.05, 0) is 6.42 Å². The first kappa shape index (κ1) is 15.6. The smallest absolute Gasteiger partial charge is 0.351 e. The lowest BCUT2D eigenvalue weighted by molar-refractivity contribution is -0.0549. The third-order valence-electron chi connectivity index (χ3n) is 3.34. The van der Waals surface area contributed by atoms with Crippen molar-refractivity contribution in [3.63, 3.8) is 0 Å². The molecule has 1 aromatic rings. The molecule has 4 atom stereocenters. The van der Waals surface area contributed by atoms with Gasteiger partial charge in [-0.2, -0.15) is 4.98 Å². The van der Waals surface area contributed by atoms with Crippen molar-refractivity contribution in [2.75, 3.05) is 12.3 Å². The van der Waals surface area contributed by atoms with Gasteiger partial charge in [0.05, 0.1) is 6.61 Å². The Balaban J connectivity index is 2.40. The van der Waals surface area contributed by atoms with Crippen LogP contribution in [-0.4, -0.2) is 49.8 Å². The van der Waals surface area contributed by atoms with Crippen molar-refractivity contribution in [1.82, 2.24) is 9.55 Å². The zero-order valence-corrected chi connectivity index (χ0v) is 11.6. The molecule has 0 amide bonds. The molecule has 1 aliphatic rings. The molecule has 2 heterocycles. The van der Waals surface area contributed by atoms with Crippen LogP contribution in [0.4, 0.5) is 5.82 Å². The van der Waals surface area contributed by atoms with E-state index in [0.29, 0.717) is 5.56 Å². The van der Waals surface area contributed by atoms with Crippen molar-refractivity contribution in [3.8, 4) is 0 Å². The normalized spacial score (nSPS) is 29.3. The van der Waals surface area contributed by atoms with Crippen molar-refractivity contribution < 1.29 is 20.1 Å². The Morgan fingerprint density at radius 3 is 2.76 bits per heavy atom. The van der Waals surface area contributed by atoms with Crippen molar-refractivity contribution in [2.45, 2.75) is 37.9 Å². The van der Waals surface area contributed by atoms with Crippen LogP contribution in [-0.2, 0) is 4.74 Å². The molecule has 1 aliphatic heterocycles. The van der Waals surface area contributed by atoms with E-state index in [1.165, 1.54) is 6.20 Å². The standard InChI is InChI=1S/C13H19N3O5/c1-2-3-4-7-5-16(13(20)15-11(7)14)12-10(19)9(18)8(6-17)21-12/h3-5,8-10,12,17-19H,2,6H2,1H3,(H2,14,15,20)/b4-3+/t8-,9-,10-,12-/m1/s1. The molecule has 0 spiro atoms. The fourth-order valence-corrected chi connectivity index (χ4v) is 2.16. The molecule has 0 bridgehead atoms. The monoisotopic (exact) mass is 297 g/mol. The number of nitrogen functional groups attached to an aromatic ring is 1. The Morgan fingerprint density at radius 2 is 2.19 bits per heavy atom. The number of aromatic nitrogens is 2. The molecule has 2 rings (SSSR count). The fraction of sp³-hybridized carbons (Fsp3) is 0.538. The van der Waals surface area contributed by atoms with Crippen LogP contribution in [0.1, 0.15) is 25.1 Å². The zero-order valence-electron chi connectivity index (χ0n) is 11.6. The quantitative estimate of drug-likeness (QED) is 0.552. The third kappa shape index (κ3) is 2.98. The van der Waals surface area contributed by atoms with Gasteiger partial charge in [0.15, 0.2) is 6.23 Å². The van der Waals surface area contributed by atoms with Gasteiger partial charge >= 0.3 is 5.69 Å². The van der Waals surface area contributed by atoms with Gasteiger partial charge in [-0.15, -0.1) is 0 Å². The van der Waals surface area contributed by atoms with E-state index in [1.54, 1.807) is 6.08 Å². The maximum Gasteiger partial charge on any atom is 0.351 e. The van der Waals surface area contributed by atoms with Crippen LogP contribution in [0.5, 0.6) is 0 Å². The second-order valence-corrected chi connectivity index (χ2v) is 4.81. The van der Waals surface area contributed by atoms with Gasteiger partial charge in [0.2, 0.25) is 0 Å². The first-order valence-electron chi connectivity index (χ1n) is 6.67. The van der Waals surface area contributed by atoms with Gasteiger partial charge in [0.1, 0.15) is 24.1 Å². The highest BCUT2D eigenvalue weighted by Gasteiger charge is 2.43. The molecule has 0 aromatic carbocycles. The minimum absolute atomic E-state index is 0.0766. The van der Waals surface area contributed by atoms with E-state index in [-0.39, 0.29) is 5.82 Å². The lowest BCUT2D eigenvalue weighted by Crippen LogP contribution is -2.36. The van der Waals surface area contributed by atoms with Crippen molar-refractivity contribution >= 4 is 11.9 Å². The van der Waals surface area contributed by atoms with E-state index in [9.17, 15) is 15.0 Å². The summed E-state index contributed by atoms with van der Waals surface area (Å²) in [5.41, 5.74) is 5.49. The van der Waals surface area contributed by atoms with Gasteiger partial charge in [-0.1, -0.05) is 19.1 Å². The number of aliphatic hydroxyl groups is 3. The van der Waals surface area contributed by atoms with Crippen LogP contribution in [0.25, 0.3) is 6.08 Å². The Labute approximate surface area is 121 Å². The molecule has 1 saturated heterocycles. The highest BCUT2D eigenvalue weighted by Crippen LogP contribution is 2.28. The molecule has 8 nitrogen and oxygen atoms in total. The topological polar surface area (TPSA) is 131 Å². The summed E-state index contributed by atoms with van der Waals surface area (Å²) in [5, 5.41) is 28.8. The van der Waals surface area contributed by atoms with Gasteiger partial charge in [0.25, 0.3) is 0 Å². The summed E-state index contributed by atoms with van der Waals surface area (Å²) in [6.07, 6.45) is 1.06. The lowest BCUT2D eigenvalue weighted by atomic mass is 10.1. The molecule has 0 unspecified atom stereocenters. The molecule has 0 radical (unpaired) electrons. The van der Waals surface area contributed by atoms with E-state index >= 15 is 0 Å². The van der Waals surface area contributed by atoms with Gasteiger partial charge in [-0.3, -0.25) is 4.57 Å². The predicted octanol–water partition coefficient (Wildman–Crippen LogP) is -1.14. The Morgan fingerprint density at radius 1 is 1.48 bits per heavy atom. The summed E-state index contributed by atoms with van der Waals surface area (Å²) < 4.78 is 6.37. The van der Waals surface area contributed by atoms with Crippen LogP contribution in [0.2, 0.25) is 0 Å². The summed E-state index contributed by atoms with van der Waals surface area (Å²) in [7, 11) is 0. The molecule has 1 fully saturated rings. The molecule has 0 aliphatic carbocycles.